The third-order valence-electron chi connectivity index (χ3n) is 2.97. The largest absolute Gasteiger partial charge is 0.337 e. The molecule has 1 fully saturated rings. The first-order chi connectivity index (χ1) is 7.22. The molecule has 1 aliphatic heterocycles. The number of likely N-dealkylation sites (N-methyl/N-ethyl adjacent to an activating group) is 1. The average Bonchev–Trinajstić information content (AvgIpc) is 2.84. The van der Waals surface area contributed by atoms with Gasteiger partial charge in [-0.3, -0.25) is 4.79 Å². The van der Waals surface area contributed by atoms with Gasteiger partial charge >= 0.3 is 0 Å². The monoisotopic (exact) mass is 260 g/mol. The highest BCUT2D eigenvalue weighted by molar-refractivity contribution is 7.08. The van der Waals surface area contributed by atoms with Crippen LogP contribution in [0.1, 0.15) is 22.3 Å². The van der Waals surface area contributed by atoms with Crippen LogP contribution in [0.5, 0.6) is 0 Å². The second kappa shape index (κ2) is 5.66. The van der Waals surface area contributed by atoms with Gasteiger partial charge in [-0.15, -0.1) is 12.4 Å². The summed E-state index contributed by atoms with van der Waals surface area (Å²) < 4.78 is 0. The Morgan fingerprint density at radius 2 is 2.31 bits per heavy atom. The van der Waals surface area contributed by atoms with Crippen molar-refractivity contribution in [3.05, 3.63) is 21.9 Å². The lowest BCUT2D eigenvalue weighted by molar-refractivity contribution is 0.0789. The minimum atomic E-state index is 0. The molecule has 1 aliphatic rings. The second-order valence-corrected chi connectivity index (χ2v) is 4.74. The van der Waals surface area contributed by atoms with Gasteiger partial charge in [-0.25, -0.2) is 0 Å². The molecule has 1 aromatic heterocycles. The SMILES string of the molecule is CNC1CCN(C(=O)c2cscc2C)C1.Cl. The zero-order chi connectivity index (χ0) is 10.8. The Morgan fingerprint density at radius 3 is 2.81 bits per heavy atom. The fraction of sp³-hybridized carbons (Fsp3) is 0.545. The summed E-state index contributed by atoms with van der Waals surface area (Å²) in [4.78, 5) is 14.0. The molecule has 3 nitrogen and oxygen atoms in total. The van der Waals surface area contributed by atoms with Crippen LogP contribution in [0.2, 0.25) is 0 Å². The van der Waals surface area contributed by atoms with Crippen LogP contribution in [0, 0.1) is 6.92 Å². The zero-order valence-electron chi connectivity index (χ0n) is 9.53. The lowest BCUT2D eigenvalue weighted by Crippen LogP contribution is -2.33. The van der Waals surface area contributed by atoms with E-state index < -0.39 is 0 Å². The smallest absolute Gasteiger partial charge is 0.255 e. The van der Waals surface area contributed by atoms with Gasteiger partial charge in [0.1, 0.15) is 0 Å². The normalized spacial score (nSPS) is 19.6. The van der Waals surface area contributed by atoms with E-state index in [1.807, 2.05) is 29.6 Å². The van der Waals surface area contributed by atoms with Gasteiger partial charge in [0.15, 0.2) is 0 Å². The van der Waals surface area contributed by atoms with Crippen molar-refractivity contribution in [2.75, 3.05) is 20.1 Å². The van der Waals surface area contributed by atoms with Crippen molar-refractivity contribution in [2.24, 2.45) is 0 Å². The van der Waals surface area contributed by atoms with Crippen LogP contribution in [0.25, 0.3) is 0 Å². The number of nitrogens with one attached hydrogen (secondary N) is 1. The van der Waals surface area contributed by atoms with E-state index in [2.05, 4.69) is 5.32 Å². The van der Waals surface area contributed by atoms with Gasteiger partial charge in [0, 0.05) is 24.5 Å². The van der Waals surface area contributed by atoms with Crippen molar-refractivity contribution in [2.45, 2.75) is 19.4 Å². The number of amides is 1. The highest BCUT2D eigenvalue weighted by Crippen LogP contribution is 2.19. The van der Waals surface area contributed by atoms with Gasteiger partial charge in [0.05, 0.1) is 5.56 Å². The minimum absolute atomic E-state index is 0. The Labute approximate surface area is 106 Å². The number of halogens is 1. The van der Waals surface area contributed by atoms with E-state index in [1.165, 1.54) is 0 Å². The van der Waals surface area contributed by atoms with E-state index in [0.29, 0.717) is 6.04 Å². The maximum atomic E-state index is 12.1. The van der Waals surface area contributed by atoms with Crippen molar-refractivity contribution in [3.63, 3.8) is 0 Å². The maximum Gasteiger partial charge on any atom is 0.255 e. The molecule has 1 unspecified atom stereocenters. The van der Waals surface area contributed by atoms with E-state index in [4.69, 9.17) is 0 Å². The summed E-state index contributed by atoms with van der Waals surface area (Å²) in [6.07, 6.45) is 1.06. The predicted molar refractivity (Wildman–Crippen MR) is 69.7 cm³/mol. The van der Waals surface area contributed by atoms with Gasteiger partial charge in [-0.05, 0) is 31.3 Å². The van der Waals surface area contributed by atoms with E-state index in [1.54, 1.807) is 11.3 Å². The van der Waals surface area contributed by atoms with Crippen molar-refractivity contribution in [1.82, 2.24) is 10.2 Å². The molecule has 5 heteroatoms. The molecule has 16 heavy (non-hydrogen) atoms. The Balaban J connectivity index is 0.00000128. The summed E-state index contributed by atoms with van der Waals surface area (Å²) >= 11 is 1.60. The van der Waals surface area contributed by atoms with E-state index in [0.717, 1.165) is 30.6 Å². The molecule has 1 N–H and O–H groups in total. The topological polar surface area (TPSA) is 32.3 Å². The summed E-state index contributed by atoms with van der Waals surface area (Å²) in [7, 11) is 1.95. The van der Waals surface area contributed by atoms with E-state index in [9.17, 15) is 4.79 Å². The van der Waals surface area contributed by atoms with Crippen molar-refractivity contribution >= 4 is 29.7 Å². The lowest BCUT2D eigenvalue weighted by Gasteiger charge is -2.16. The number of hydrogen-bond acceptors (Lipinski definition) is 3. The molecular formula is C11H17ClN2OS. The van der Waals surface area contributed by atoms with E-state index in [-0.39, 0.29) is 18.3 Å². The highest BCUT2D eigenvalue weighted by atomic mass is 35.5. The predicted octanol–water partition coefficient (Wildman–Crippen LogP) is 1.91. The molecule has 2 heterocycles. The zero-order valence-corrected chi connectivity index (χ0v) is 11.2. The molecule has 1 aromatic rings. The van der Waals surface area contributed by atoms with Crippen LogP contribution < -0.4 is 5.32 Å². The highest BCUT2D eigenvalue weighted by Gasteiger charge is 2.26. The van der Waals surface area contributed by atoms with Crippen LogP contribution in [-0.4, -0.2) is 37.0 Å². The summed E-state index contributed by atoms with van der Waals surface area (Å²) in [6.45, 7) is 3.71. The Morgan fingerprint density at radius 1 is 1.56 bits per heavy atom. The molecule has 0 aromatic carbocycles. The number of rotatable bonds is 2. The molecular weight excluding hydrogens is 244 g/mol. The fourth-order valence-electron chi connectivity index (χ4n) is 1.93. The Hall–Kier alpha value is -0.580. The number of likely N-dealkylation sites (tertiary alicyclic amines) is 1. The molecule has 0 spiro atoms. The summed E-state index contributed by atoms with van der Waals surface area (Å²) in [5, 5.41) is 7.19. The number of aryl methyl sites for hydroxylation is 1. The van der Waals surface area contributed by atoms with Crippen molar-refractivity contribution in [3.8, 4) is 0 Å². The average molecular weight is 261 g/mol. The minimum Gasteiger partial charge on any atom is -0.337 e. The third kappa shape index (κ3) is 2.56. The molecule has 2 rings (SSSR count). The third-order valence-corrected chi connectivity index (χ3v) is 3.83. The molecule has 0 radical (unpaired) electrons. The van der Waals surface area contributed by atoms with Crippen LogP contribution in [-0.2, 0) is 0 Å². The summed E-state index contributed by atoms with van der Waals surface area (Å²) in [5.41, 5.74) is 1.97. The fourth-order valence-corrected chi connectivity index (χ4v) is 2.75. The number of carbonyl (C=O) groups is 1. The lowest BCUT2D eigenvalue weighted by atomic mass is 10.2. The molecule has 0 saturated carbocycles. The molecule has 0 bridgehead atoms. The molecule has 90 valence electrons. The van der Waals surface area contributed by atoms with Gasteiger partial charge in [-0.2, -0.15) is 11.3 Å². The van der Waals surface area contributed by atoms with Gasteiger partial charge in [0.2, 0.25) is 0 Å². The first-order valence-electron chi connectivity index (χ1n) is 5.21. The molecule has 1 saturated heterocycles. The first-order valence-corrected chi connectivity index (χ1v) is 6.16. The number of nitrogens with zero attached hydrogens (tertiary/aromatic N) is 1. The van der Waals surface area contributed by atoms with Crippen molar-refractivity contribution < 1.29 is 4.79 Å². The number of hydrogen-bond donors (Lipinski definition) is 1. The Bertz CT molecular complexity index is 367. The van der Waals surface area contributed by atoms with Gasteiger partial charge in [-0.1, -0.05) is 0 Å². The molecule has 1 amide bonds. The van der Waals surface area contributed by atoms with Crippen LogP contribution >= 0.6 is 23.7 Å². The van der Waals surface area contributed by atoms with Gasteiger partial charge < -0.3 is 10.2 Å². The quantitative estimate of drug-likeness (QED) is 0.881. The van der Waals surface area contributed by atoms with Crippen LogP contribution in [0.3, 0.4) is 0 Å². The second-order valence-electron chi connectivity index (χ2n) is 3.99. The standard InChI is InChI=1S/C11H16N2OS.ClH/c1-8-6-15-7-10(8)11(14)13-4-3-9(5-13)12-2;/h6-7,9,12H,3-5H2,1-2H3;1H. The van der Waals surface area contributed by atoms with E-state index >= 15 is 0 Å². The van der Waals surface area contributed by atoms with Crippen LogP contribution in [0.4, 0.5) is 0 Å². The maximum absolute atomic E-state index is 12.1. The first kappa shape index (κ1) is 13.5. The summed E-state index contributed by atoms with van der Waals surface area (Å²) in [5.74, 6) is 0.187. The Kier molecular flexibility index (Phi) is 4.77. The van der Waals surface area contributed by atoms with Crippen molar-refractivity contribution in [1.29, 1.82) is 0 Å². The summed E-state index contributed by atoms with van der Waals surface area (Å²) in [6, 6.07) is 0.466. The van der Waals surface area contributed by atoms with Gasteiger partial charge in [0.25, 0.3) is 5.91 Å². The molecule has 1 atom stereocenters. The molecule has 0 aliphatic carbocycles. The number of thiophene rings is 1. The van der Waals surface area contributed by atoms with Crippen LogP contribution in [0.15, 0.2) is 10.8 Å². The number of carbonyl (C=O) groups excluding carboxylic acids is 1.